The van der Waals surface area contributed by atoms with Crippen molar-refractivity contribution in [1.29, 1.82) is 0 Å². The summed E-state index contributed by atoms with van der Waals surface area (Å²) in [5.41, 5.74) is 0. The van der Waals surface area contributed by atoms with Crippen LogP contribution >= 0.6 is 0 Å². The summed E-state index contributed by atoms with van der Waals surface area (Å²) < 4.78 is 5.10. The van der Waals surface area contributed by atoms with Gasteiger partial charge >= 0.3 is 0 Å². The molecule has 0 radical (unpaired) electrons. The Morgan fingerprint density at radius 2 is 2.26 bits per heavy atom. The molecular weight excluding hydrogens is 246 g/mol. The smallest absolute Gasteiger partial charge is 0.227 e. The Balaban J connectivity index is 1.81. The van der Waals surface area contributed by atoms with Crippen LogP contribution in [0.15, 0.2) is 4.52 Å². The van der Waals surface area contributed by atoms with Gasteiger partial charge in [0.1, 0.15) is 0 Å². The molecule has 1 N–H and O–H groups in total. The van der Waals surface area contributed by atoms with Gasteiger partial charge in [-0.25, -0.2) is 0 Å². The molecule has 0 aliphatic heterocycles. The average molecular weight is 267 g/mol. The molecule has 1 aliphatic rings. The fraction of sp³-hybridized carbons (Fsp3) is 0.769. The molecule has 0 unspecified atom stereocenters. The predicted molar refractivity (Wildman–Crippen MR) is 68.4 cm³/mol. The molecule has 1 aromatic rings. The van der Waals surface area contributed by atoms with Crippen molar-refractivity contribution in [3.05, 3.63) is 11.7 Å². The van der Waals surface area contributed by atoms with Gasteiger partial charge in [0.25, 0.3) is 0 Å². The van der Waals surface area contributed by atoms with Crippen molar-refractivity contribution in [3.63, 3.8) is 0 Å². The molecule has 1 aliphatic carbocycles. The van der Waals surface area contributed by atoms with Crippen molar-refractivity contribution >= 4 is 5.91 Å². The van der Waals surface area contributed by atoms with Crippen molar-refractivity contribution < 1.29 is 14.4 Å². The summed E-state index contributed by atoms with van der Waals surface area (Å²) in [5, 5.41) is 12.8. The van der Waals surface area contributed by atoms with Crippen LogP contribution in [0.3, 0.4) is 0 Å². The number of carbonyl (C=O) groups is 1. The Hall–Kier alpha value is -1.43. The maximum absolute atomic E-state index is 12.0. The fourth-order valence-corrected chi connectivity index (χ4v) is 2.08. The van der Waals surface area contributed by atoms with E-state index in [4.69, 9.17) is 9.63 Å². The van der Waals surface area contributed by atoms with Crippen molar-refractivity contribution in [2.24, 2.45) is 0 Å². The number of aliphatic hydroxyl groups excluding tert-OH is 1. The minimum Gasteiger partial charge on any atom is -0.395 e. The fourth-order valence-electron chi connectivity index (χ4n) is 2.08. The van der Waals surface area contributed by atoms with Crippen LogP contribution in [0.1, 0.15) is 44.3 Å². The zero-order chi connectivity index (χ0) is 13.7. The lowest BCUT2D eigenvalue weighted by molar-refractivity contribution is -0.132. The summed E-state index contributed by atoms with van der Waals surface area (Å²) in [7, 11) is 0. The van der Waals surface area contributed by atoms with Gasteiger partial charge in [0.05, 0.1) is 6.61 Å². The molecule has 1 amide bonds. The first-order valence-corrected chi connectivity index (χ1v) is 6.96. The molecule has 0 atom stereocenters. The molecule has 6 nitrogen and oxygen atoms in total. The topological polar surface area (TPSA) is 79.5 Å². The Morgan fingerprint density at radius 1 is 1.47 bits per heavy atom. The molecular formula is C13H21N3O3. The number of hydrogen-bond acceptors (Lipinski definition) is 5. The SMILES string of the molecule is CCCc1noc(CCC(=O)N(CCO)C2CC2)n1. The van der Waals surface area contributed by atoms with Gasteiger partial charge < -0.3 is 14.5 Å². The number of carbonyl (C=O) groups excluding carboxylic acids is 1. The van der Waals surface area contributed by atoms with Gasteiger partial charge in [0, 0.05) is 31.8 Å². The first-order valence-electron chi connectivity index (χ1n) is 6.96. The number of aliphatic hydroxyl groups is 1. The number of aryl methyl sites for hydroxylation is 2. The third-order valence-electron chi connectivity index (χ3n) is 3.19. The van der Waals surface area contributed by atoms with Crippen molar-refractivity contribution in [2.45, 2.75) is 51.5 Å². The van der Waals surface area contributed by atoms with Gasteiger partial charge in [0.15, 0.2) is 5.82 Å². The second-order valence-electron chi connectivity index (χ2n) is 4.90. The first kappa shape index (κ1) is 14.0. The summed E-state index contributed by atoms with van der Waals surface area (Å²) >= 11 is 0. The number of hydrogen-bond donors (Lipinski definition) is 1. The highest BCUT2D eigenvalue weighted by Gasteiger charge is 2.31. The van der Waals surface area contributed by atoms with E-state index in [9.17, 15) is 4.79 Å². The molecule has 0 aromatic carbocycles. The summed E-state index contributed by atoms with van der Waals surface area (Å²) in [6.45, 7) is 2.50. The monoisotopic (exact) mass is 267 g/mol. The molecule has 19 heavy (non-hydrogen) atoms. The number of nitrogens with zero attached hydrogens (tertiary/aromatic N) is 3. The van der Waals surface area contributed by atoms with E-state index < -0.39 is 0 Å². The van der Waals surface area contributed by atoms with E-state index in [1.165, 1.54) is 0 Å². The van der Waals surface area contributed by atoms with Crippen LogP contribution in [0.2, 0.25) is 0 Å². The zero-order valence-electron chi connectivity index (χ0n) is 11.3. The van der Waals surface area contributed by atoms with Gasteiger partial charge in [-0.05, 0) is 19.3 Å². The molecule has 6 heteroatoms. The summed E-state index contributed by atoms with van der Waals surface area (Å²) in [5.74, 6) is 1.29. The van der Waals surface area contributed by atoms with Crippen LogP contribution < -0.4 is 0 Å². The average Bonchev–Trinajstić information content (AvgIpc) is 3.14. The highest BCUT2D eigenvalue weighted by atomic mass is 16.5. The highest BCUT2D eigenvalue weighted by molar-refractivity contribution is 5.77. The van der Waals surface area contributed by atoms with Gasteiger partial charge in [-0.3, -0.25) is 4.79 Å². The van der Waals surface area contributed by atoms with E-state index in [2.05, 4.69) is 17.1 Å². The minimum absolute atomic E-state index is 0.0173. The third kappa shape index (κ3) is 4.02. The lowest BCUT2D eigenvalue weighted by Crippen LogP contribution is -2.35. The van der Waals surface area contributed by atoms with Gasteiger partial charge in [0.2, 0.25) is 11.8 Å². The summed E-state index contributed by atoms with van der Waals surface area (Å²) in [6.07, 6.45) is 4.72. The van der Waals surface area contributed by atoms with Gasteiger partial charge in [-0.15, -0.1) is 0 Å². The second kappa shape index (κ2) is 6.65. The van der Waals surface area contributed by atoms with E-state index >= 15 is 0 Å². The first-order chi connectivity index (χ1) is 9.24. The molecule has 0 spiro atoms. The molecule has 1 fully saturated rings. The van der Waals surface area contributed by atoms with Crippen LogP contribution in [0.25, 0.3) is 0 Å². The molecule has 0 bridgehead atoms. The highest BCUT2D eigenvalue weighted by Crippen LogP contribution is 2.27. The van der Waals surface area contributed by atoms with E-state index in [1.807, 2.05) is 0 Å². The van der Waals surface area contributed by atoms with Crippen LogP contribution in [-0.2, 0) is 17.6 Å². The second-order valence-corrected chi connectivity index (χ2v) is 4.90. The van der Waals surface area contributed by atoms with Crippen molar-refractivity contribution in [3.8, 4) is 0 Å². The van der Waals surface area contributed by atoms with E-state index in [0.29, 0.717) is 37.1 Å². The van der Waals surface area contributed by atoms with Crippen LogP contribution in [-0.4, -0.2) is 45.2 Å². The maximum Gasteiger partial charge on any atom is 0.227 e. The van der Waals surface area contributed by atoms with Crippen LogP contribution in [0, 0.1) is 0 Å². The van der Waals surface area contributed by atoms with Crippen LogP contribution in [0.5, 0.6) is 0 Å². The molecule has 106 valence electrons. The largest absolute Gasteiger partial charge is 0.395 e. The van der Waals surface area contributed by atoms with E-state index in [1.54, 1.807) is 4.90 Å². The lowest BCUT2D eigenvalue weighted by atomic mass is 10.2. The zero-order valence-corrected chi connectivity index (χ0v) is 11.3. The maximum atomic E-state index is 12.0. The number of amides is 1. The molecule has 2 rings (SSSR count). The Bertz CT molecular complexity index is 415. The van der Waals surface area contributed by atoms with Crippen molar-refractivity contribution in [2.75, 3.05) is 13.2 Å². The molecule has 1 aromatic heterocycles. The van der Waals surface area contributed by atoms with Gasteiger partial charge in [-0.1, -0.05) is 12.1 Å². The van der Waals surface area contributed by atoms with E-state index in [-0.39, 0.29) is 12.5 Å². The Morgan fingerprint density at radius 3 is 2.89 bits per heavy atom. The van der Waals surface area contributed by atoms with Crippen molar-refractivity contribution in [1.82, 2.24) is 15.0 Å². The molecule has 1 heterocycles. The molecule has 0 saturated heterocycles. The van der Waals surface area contributed by atoms with Crippen LogP contribution in [0.4, 0.5) is 0 Å². The minimum atomic E-state index is 0.0173. The summed E-state index contributed by atoms with van der Waals surface area (Å²) in [4.78, 5) is 18.1. The predicted octanol–water partition coefficient (Wildman–Crippen LogP) is 0.938. The third-order valence-corrected chi connectivity index (χ3v) is 3.19. The quantitative estimate of drug-likeness (QED) is 0.758. The molecule has 1 saturated carbocycles. The van der Waals surface area contributed by atoms with E-state index in [0.717, 1.165) is 25.7 Å². The number of aromatic nitrogens is 2. The van der Waals surface area contributed by atoms with Gasteiger partial charge in [-0.2, -0.15) is 4.98 Å². The summed E-state index contributed by atoms with van der Waals surface area (Å²) in [6, 6.07) is 0.331. The Kier molecular flexibility index (Phi) is 4.90. The lowest BCUT2D eigenvalue weighted by Gasteiger charge is -2.20. The number of rotatable bonds is 8. The standard InChI is InChI=1S/C13H21N3O3/c1-2-3-11-14-12(19-15-11)6-7-13(18)16(8-9-17)10-4-5-10/h10,17H,2-9H2,1H3. The Labute approximate surface area is 112 Å². The normalized spacial score (nSPS) is 14.6.